The number of nitrogens with one attached hydrogen (secondary N) is 1. The zero-order valence-electron chi connectivity index (χ0n) is 10.8. The average Bonchev–Trinajstić information content (AvgIpc) is 2.25. The second-order valence-electron chi connectivity index (χ2n) is 3.80. The van der Waals surface area contributed by atoms with Crippen molar-refractivity contribution in [2.75, 3.05) is 20.3 Å². The van der Waals surface area contributed by atoms with E-state index >= 15 is 0 Å². The minimum atomic E-state index is -1.20. The molecule has 0 rings (SSSR count). The minimum Gasteiger partial charge on any atom is -0.480 e. The van der Waals surface area contributed by atoms with E-state index in [4.69, 9.17) is 9.84 Å². The molecule has 0 bridgehead atoms. The molecule has 0 aliphatic carbocycles. The number of carboxylic acid groups (broad SMARTS) is 1. The molecule has 0 saturated heterocycles. The number of ether oxygens (including phenoxy) is 2. The lowest BCUT2D eigenvalue weighted by molar-refractivity contribution is -0.147. The lowest BCUT2D eigenvalue weighted by Gasteiger charge is -2.20. The van der Waals surface area contributed by atoms with Crippen molar-refractivity contribution in [3.05, 3.63) is 0 Å². The highest BCUT2D eigenvalue weighted by Gasteiger charge is 2.28. The first-order valence-electron chi connectivity index (χ1n) is 5.59. The summed E-state index contributed by atoms with van der Waals surface area (Å²) in [6.45, 7) is 3.23. The van der Waals surface area contributed by atoms with Gasteiger partial charge in [0.1, 0.15) is 12.6 Å². The molecule has 0 saturated carbocycles. The van der Waals surface area contributed by atoms with Gasteiger partial charge in [-0.15, -0.1) is 0 Å². The SMILES string of the molecule is CCOC(=O)C[C@H](C)[C@@H](NC(=O)COC)C(=O)O. The van der Waals surface area contributed by atoms with Crippen LogP contribution in [0.1, 0.15) is 20.3 Å². The van der Waals surface area contributed by atoms with Crippen molar-refractivity contribution in [3.8, 4) is 0 Å². The molecule has 18 heavy (non-hydrogen) atoms. The number of hydrogen-bond donors (Lipinski definition) is 2. The Labute approximate surface area is 105 Å². The highest BCUT2D eigenvalue weighted by molar-refractivity contribution is 5.85. The summed E-state index contributed by atoms with van der Waals surface area (Å²) in [4.78, 5) is 33.5. The summed E-state index contributed by atoms with van der Waals surface area (Å²) < 4.78 is 9.31. The molecule has 0 unspecified atom stereocenters. The van der Waals surface area contributed by atoms with E-state index in [-0.39, 0.29) is 19.6 Å². The van der Waals surface area contributed by atoms with Gasteiger partial charge in [-0.3, -0.25) is 9.59 Å². The summed E-state index contributed by atoms with van der Waals surface area (Å²) in [6, 6.07) is -1.14. The molecule has 7 nitrogen and oxygen atoms in total. The second kappa shape index (κ2) is 8.46. The van der Waals surface area contributed by atoms with E-state index in [2.05, 4.69) is 10.1 Å². The van der Waals surface area contributed by atoms with E-state index in [1.54, 1.807) is 13.8 Å². The summed E-state index contributed by atoms with van der Waals surface area (Å²) in [5, 5.41) is 11.3. The van der Waals surface area contributed by atoms with Gasteiger partial charge >= 0.3 is 11.9 Å². The lowest BCUT2D eigenvalue weighted by Crippen LogP contribution is -2.46. The van der Waals surface area contributed by atoms with Crippen LogP contribution in [0, 0.1) is 5.92 Å². The van der Waals surface area contributed by atoms with Crippen LogP contribution in [0.15, 0.2) is 0 Å². The molecular weight excluding hydrogens is 242 g/mol. The molecule has 0 radical (unpaired) electrons. The van der Waals surface area contributed by atoms with Crippen molar-refractivity contribution >= 4 is 17.8 Å². The highest BCUT2D eigenvalue weighted by Crippen LogP contribution is 2.10. The van der Waals surface area contributed by atoms with Crippen molar-refractivity contribution in [1.29, 1.82) is 0 Å². The van der Waals surface area contributed by atoms with Crippen molar-refractivity contribution < 1.29 is 29.0 Å². The zero-order valence-corrected chi connectivity index (χ0v) is 10.8. The van der Waals surface area contributed by atoms with Crippen LogP contribution < -0.4 is 5.32 Å². The van der Waals surface area contributed by atoms with Crippen molar-refractivity contribution in [2.24, 2.45) is 5.92 Å². The van der Waals surface area contributed by atoms with E-state index in [9.17, 15) is 14.4 Å². The van der Waals surface area contributed by atoms with Crippen LogP contribution in [0.3, 0.4) is 0 Å². The molecule has 2 atom stereocenters. The van der Waals surface area contributed by atoms with Crippen LogP contribution in [-0.4, -0.2) is 49.3 Å². The van der Waals surface area contributed by atoms with Crippen LogP contribution in [-0.2, 0) is 23.9 Å². The fourth-order valence-electron chi connectivity index (χ4n) is 1.39. The van der Waals surface area contributed by atoms with E-state index < -0.39 is 29.8 Å². The monoisotopic (exact) mass is 261 g/mol. The third-order valence-electron chi connectivity index (χ3n) is 2.22. The van der Waals surface area contributed by atoms with Gasteiger partial charge in [0.15, 0.2) is 0 Å². The first-order chi connectivity index (χ1) is 8.42. The maximum atomic E-state index is 11.3. The van der Waals surface area contributed by atoms with Crippen LogP contribution in [0.25, 0.3) is 0 Å². The summed E-state index contributed by atoms with van der Waals surface area (Å²) in [6.07, 6.45) is -0.0714. The number of rotatable bonds is 8. The van der Waals surface area contributed by atoms with Crippen LogP contribution >= 0.6 is 0 Å². The Morgan fingerprint density at radius 1 is 1.33 bits per heavy atom. The number of carbonyl (C=O) groups excluding carboxylic acids is 2. The molecule has 0 aliphatic heterocycles. The summed E-state index contributed by atoms with van der Waals surface area (Å²) in [7, 11) is 1.33. The van der Waals surface area contributed by atoms with Crippen LogP contribution in [0.2, 0.25) is 0 Å². The Morgan fingerprint density at radius 2 is 1.94 bits per heavy atom. The first kappa shape index (κ1) is 16.4. The molecule has 0 aromatic rings. The van der Waals surface area contributed by atoms with Crippen molar-refractivity contribution in [2.45, 2.75) is 26.3 Å². The number of hydrogen-bond acceptors (Lipinski definition) is 5. The smallest absolute Gasteiger partial charge is 0.326 e. The van der Waals surface area contributed by atoms with Gasteiger partial charge in [-0.25, -0.2) is 4.79 Å². The maximum Gasteiger partial charge on any atom is 0.326 e. The van der Waals surface area contributed by atoms with Crippen LogP contribution in [0.4, 0.5) is 0 Å². The van der Waals surface area contributed by atoms with Crippen molar-refractivity contribution in [1.82, 2.24) is 5.32 Å². The Bertz CT molecular complexity index is 304. The van der Waals surface area contributed by atoms with E-state index in [1.165, 1.54) is 7.11 Å². The van der Waals surface area contributed by atoms with Gasteiger partial charge in [0.25, 0.3) is 0 Å². The number of carboxylic acids is 1. The maximum absolute atomic E-state index is 11.3. The molecule has 0 aromatic heterocycles. The highest BCUT2D eigenvalue weighted by atomic mass is 16.5. The summed E-state index contributed by atoms with van der Waals surface area (Å²) >= 11 is 0. The largest absolute Gasteiger partial charge is 0.480 e. The Morgan fingerprint density at radius 3 is 2.39 bits per heavy atom. The molecule has 0 heterocycles. The standard InChI is InChI=1S/C11H19NO6/c1-4-18-9(14)5-7(2)10(11(15)16)12-8(13)6-17-3/h7,10H,4-6H2,1-3H3,(H,12,13)(H,15,16)/t7-,10+/m0/s1. The first-order valence-corrected chi connectivity index (χ1v) is 5.59. The topological polar surface area (TPSA) is 102 Å². The second-order valence-corrected chi connectivity index (χ2v) is 3.80. The van der Waals surface area contributed by atoms with E-state index in [1.807, 2.05) is 0 Å². The quantitative estimate of drug-likeness (QED) is 0.586. The van der Waals surface area contributed by atoms with Gasteiger partial charge in [0.05, 0.1) is 13.0 Å². The molecular formula is C11H19NO6. The Balaban J connectivity index is 4.45. The van der Waals surface area contributed by atoms with Gasteiger partial charge in [0.2, 0.25) is 5.91 Å². The number of methoxy groups -OCH3 is 1. The fraction of sp³-hybridized carbons (Fsp3) is 0.727. The summed E-state index contributed by atoms with van der Waals surface area (Å²) in [5.41, 5.74) is 0. The number of amides is 1. The average molecular weight is 261 g/mol. The molecule has 1 amide bonds. The predicted molar refractivity (Wildman–Crippen MR) is 61.9 cm³/mol. The van der Waals surface area contributed by atoms with Crippen LogP contribution in [0.5, 0.6) is 0 Å². The minimum absolute atomic E-state index is 0.0714. The van der Waals surface area contributed by atoms with Gasteiger partial charge in [-0.2, -0.15) is 0 Å². The van der Waals surface area contributed by atoms with E-state index in [0.29, 0.717) is 0 Å². The molecule has 0 aliphatic rings. The predicted octanol–water partition coefficient (Wildman–Crippen LogP) is -0.208. The van der Waals surface area contributed by atoms with Crippen molar-refractivity contribution in [3.63, 3.8) is 0 Å². The van der Waals surface area contributed by atoms with Gasteiger partial charge in [-0.1, -0.05) is 6.92 Å². The third kappa shape index (κ3) is 6.19. The van der Waals surface area contributed by atoms with Gasteiger partial charge < -0.3 is 19.9 Å². The number of carbonyl (C=O) groups is 3. The van der Waals surface area contributed by atoms with Gasteiger partial charge in [0, 0.05) is 7.11 Å². The van der Waals surface area contributed by atoms with Gasteiger partial charge in [-0.05, 0) is 12.8 Å². The fourth-order valence-corrected chi connectivity index (χ4v) is 1.39. The molecule has 7 heteroatoms. The normalized spacial score (nSPS) is 13.5. The lowest BCUT2D eigenvalue weighted by atomic mass is 9.98. The molecule has 0 fully saturated rings. The Kier molecular flexibility index (Phi) is 7.69. The number of esters is 1. The summed E-state index contributed by atoms with van der Waals surface area (Å²) in [5.74, 6) is -2.79. The number of aliphatic carboxylic acids is 1. The molecule has 0 spiro atoms. The Hall–Kier alpha value is -1.63. The van der Waals surface area contributed by atoms with E-state index in [0.717, 1.165) is 0 Å². The zero-order chi connectivity index (χ0) is 14.1. The third-order valence-corrected chi connectivity index (χ3v) is 2.22. The molecule has 104 valence electrons. The molecule has 2 N–H and O–H groups in total. The molecule has 0 aromatic carbocycles.